The van der Waals surface area contributed by atoms with Gasteiger partial charge in [0.05, 0.1) is 17.1 Å². The summed E-state index contributed by atoms with van der Waals surface area (Å²) in [4.78, 5) is 35.0. The van der Waals surface area contributed by atoms with Crippen molar-refractivity contribution in [1.29, 1.82) is 0 Å². The number of nitro benzene ring substituents is 1. The predicted octanol–water partition coefficient (Wildman–Crippen LogP) is 3.07. The van der Waals surface area contributed by atoms with Crippen molar-refractivity contribution in [2.75, 3.05) is 37.5 Å². The van der Waals surface area contributed by atoms with E-state index in [1.807, 2.05) is 32.0 Å². The van der Waals surface area contributed by atoms with Crippen LogP contribution in [0.3, 0.4) is 0 Å². The number of methoxy groups -OCH3 is 1. The topological polar surface area (TPSA) is 120 Å². The van der Waals surface area contributed by atoms with E-state index in [0.717, 1.165) is 17.2 Å². The van der Waals surface area contributed by atoms with Gasteiger partial charge >= 0.3 is 5.97 Å². The van der Waals surface area contributed by atoms with Crippen molar-refractivity contribution >= 4 is 28.9 Å². The van der Waals surface area contributed by atoms with Gasteiger partial charge in [-0.3, -0.25) is 14.9 Å². The predicted molar refractivity (Wildman–Crippen MR) is 108 cm³/mol. The Bertz CT molecular complexity index is 913. The number of nitrogens with zero attached hydrogens (tertiary/aromatic N) is 1. The third-order valence-corrected chi connectivity index (χ3v) is 4.05. The second-order valence-electron chi connectivity index (χ2n) is 6.35. The van der Waals surface area contributed by atoms with E-state index in [1.54, 1.807) is 0 Å². The summed E-state index contributed by atoms with van der Waals surface area (Å²) in [5.74, 6) is -1.33. The fraction of sp³-hybridized carbons (Fsp3) is 0.300. The van der Waals surface area contributed by atoms with Crippen molar-refractivity contribution in [3.8, 4) is 0 Å². The number of aryl methyl sites for hydroxylation is 2. The van der Waals surface area contributed by atoms with Gasteiger partial charge in [-0.05, 0) is 43.2 Å². The Morgan fingerprint density at radius 1 is 1.10 bits per heavy atom. The smallest absolute Gasteiger partial charge is 0.338 e. The number of esters is 1. The maximum Gasteiger partial charge on any atom is 0.338 e. The highest BCUT2D eigenvalue weighted by Gasteiger charge is 2.19. The normalized spacial score (nSPS) is 10.3. The average molecular weight is 401 g/mol. The number of rotatable bonds is 9. The third-order valence-electron chi connectivity index (χ3n) is 4.05. The first-order chi connectivity index (χ1) is 13.8. The Morgan fingerprint density at radius 3 is 2.55 bits per heavy atom. The summed E-state index contributed by atoms with van der Waals surface area (Å²) >= 11 is 0. The quantitative estimate of drug-likeness (QED) is 0.287. The summed E-state index contributed by atoms with van der Waals surface area (Å²) in [5, 5.41) is 16.8. The molecule has 154 valence electrons. The molecule has 0 aliphatic heterocycles. The lowest BCUT2D eigenvalue weighted by molar-refractivity contribution is -0.384. The average Bonchev–Trinajstić information content (AvgIpc) is 2.69. The van der Waals surface area contributed by atoms with Crippen LogP contribution < -0.4 is 10.6 Å². The van der Waals surface area contributed by atoms with Crippen molar-refractivity contribution in [2.24, 2.45) is 0 Å². The first kappa shape index (κ1) is 21.8. The number of hydrogen-bond donors (Lipinski definition) is 2. The standard InChI is InChI=1S/C20H23N3O6/c1-13-4-5-14(2)17(10-13)22-19(24)12-29-20(25)15-6-7-16(21-8-9-28-3)18(11-15)23(26)27/h4-7,10-11,21H,8-9,12H2,1-3H3,(H,22,24). The van der Waals surface area contributed by atoms with Gasteiger partial charge in [0.15, 0.2) is 6.61 Å². The van der Waals surface area contributed by atoms with E-state index in [1.165, 1.54) is 19.2 Å². The van der Waals surface area contributed by atoms with Crippen LogP contribution in [0.2, 0.25) is 0 Å². The van der Waals surface area contributed by atoms with E-state index < -0.39 is 23.4 Å². The number of anilines is 2. The summed E-state index contributed by atoms with van der Waals surface area (Å²) in [6, 6.07) is 9.53. The molecule has 0 heterocycles. The SMILES string of the molecule is COCCNc1ccc(C(=O)OCC(=O)Nc2cc(C)ccc2C)cc1[N+](=O)[O-]. The van der Waals surface area contributed by atoms with E-state index in [2.05, 4.69) is 10.6 Å². The lowest BCUT2D eigenvalue weighted by atomic mass is 10.1. The highest BCUT2D eigenvalue weighted by atomic mass is 16.6. The van der Waals surface area contributed by atoms with Gasteiger partial charge in [0.2, 0.25) is 0 Å². The van der Waals surface area contributed by atoms with Gasteiger partial charge in [-0.2, -0.15) is 0 Å². The molecule has 2 rings (SSSR count). The van der Waals surface area contributed by atoms with Crippen LogP contribution in [-0.4, -0.2) is 43.7 Å². The first-order valence-electron chi connectivity index (χ1n) is 8.87. The monoisotopic (exact) mass is 401 g/mol. The molecule has 0 spiro atoms. The molecule has 1 amide bonds. The molecule has 0 saturated heterocycles. The summed E-state index contributed by atoms with van der Waals surface area (Å²) in [7, 11) is 1.52. The highest BCUT2D eigenvalue weighted by Crippen LogP contribution is 2.26. The summed E-state index contributed by atoms with van der Waals surface area (Å²) in [6.07, 6.45) is 0. The number of carbonyl (C=O) groups is 2. The van der Waals surface area contributed by atoms with Gasteiger partial charge in [0.25, 0.3) is 11.6 Å². The number of carbonyl (C=O) groups excluding carboxylic acids is 2. The van der Waals surface area contributed by atoms with Crippen LogP contribution in [-0.2, 0) is 14.3 Å². The van der Waals surface area contributed by atoms with Gasteiger partial charge in [0, 0.05) is 25.4 Å². The molecule has 2 N–H and O–H groups in total. The van der Waals surface area contributed by atoms with E-state index in [4.69, 9.17) is 9.47 Å². The van der Waals surface area contributed by atoms with Crippen LogP contribution in [0.1, 0.15) is 21.5 Å². The van der Waals surface area contributed by atoms with E-state index in [-0.39, 0.29) is 16.9 Å². The number of hydrogen-bond acceptors (Lipinski definition) is 7. The van der Waals surface area contributed by atoms with Gasteiger partial charge in [-0.1, -0.05) is 12.1 Å². The molecule has 0 unspecified atom stereocenters. The van der Waals surface area contributed by atoms with Gasteiger partial charge in [-0.25, -0.2) is 4.79 Å². The number of benzene rings is 2. The fourth-order valence-corrected chi connectivity index (χ4v) is 2.52. The minimum Gasteiger partial charge on any atom is -0.452 e. The van der Waals surface area contributed by atoms with Crippen molar-refractivity contribution in [3.05, 3.63) is 63.2 Å². The molecule has 9 nitrogen and oxygen atoms in total. The molecule has 0 fully saturated rings. The molecule has 0 atom stereocenters. The zero-order chi connectivity index (χ0) is 21.4. The Kier molecular flexibility index (Phi) is 7.67. The second-order valence-corrected chi connectivity index (χ2v) is 6.35. The first-order valence-corrected chi connectivity index (χ1v) is 8.87. The Morgan fingerprint density at radius 2 is 1.86 bits per heavy atom. The van der Waals surface area contributed by atoms with Gasteiger partial charge < -0.3 is 20.1 Å². The van der Waals surface area contributed by atoms with Crippen molar-refractivity contribution < 1.29 is 24.0 Å². The lowest BCUT2D eigenvalue weighted by Gasteiger charge is -2.10. The summed E-state index contributed by atoms with van der Waals surface area (Å²) in [6.45, 7) is 3.99. The molecular formula is C20H23N3O6. The highest BCUT2D eigenvalue weighted by molar-refractivity contribution is 5.96. The molecule has 2 aromatic carbocycles. The molecule has 0 aromatic heterocycles. The molecule has 9 heteroatoms. The van der Waals surface area contributed by atoms with Crippen molar-refractivity contribution in [3.63, 3.8) is 0 Å². The fourth-order valence-electron chi connectivity index (χ4n) is 2.52. The van der Waals surface area contributed by atoms with E-state index >= 15 is 0 Å². The van der Waals surface area contributed by atoms with Crippen LogP contribution in [0.15, 0.2) is 36.4 Å². The maximum absolute atomic E-state index is 12.2. The molecule has 0 radical (unpaired) electrons. The van der Waals surface area contributed by atoms with Gasteiger partial charge in [0.1, 0.15) is 5.69 Å². The minimum absolute atomic E-state index is 0.0199. The number of ether oxygens (including phenoxy) is 2. The van der Waals surface area contributed by atoms with Crippen LogP contribution in [0.5, 0.6) is 0 Å². The second kappa shape index (κ2) is 10.2. The zero-order valence-corrected chi connectivity index (χ0v) is 16.5. The lowest BCUT2D eigenvalue weighted by Crippen LogP contribution is -2.21. The molecule has 2 aromatic rings. The largest absolute Gasteiger partial charge is 0.452 e. The van der Waals surface area contributed by atoms with Crippen LogP contribution in [0.4, 0.5) is 17.1 Å². The molecule has 0 saturated carbocycles. The van der Waals surface area contributed by atoms with Crippen LogP contribution >= 0.6 is 0 Å². The minimum atomic E-state index is -0.826. The van der Waals surface area contributed by atoms with E-state index in [0.29, 0.717) is 18.8 Å². The number of amides is 1. The Hall–Kier alpha value is -3.46. The Balaban J connectivity index is 2.00. The molecule has 0 aliphatic carbocycles. The molecular weight excluding hydrogens is 378 g/mol. The third kappa shape index (κ3) is 6.28. The summed E-state index contributed by atoms with van der Waals surface area (Å²) < 4.78 is 9.88. The van der Waals surface area contributed by atoms with Crippen molar-refractivity contribution in [2.45, 2.75) is 13.8 Å². The zero-order valence-electron chi connectivity index (χ0n) is 16.5. The van der Waals surface area contributed by atoms with Crippen molar-refractivity contribution in [1.82, 2.24) is 0 Å². The van der Waals surface area contributed by atoms with Crippen LogP contribution in [0.25, 0.3) is 0 Å². The maximum atomic E-state index is 12.2. The molecule has 29 heavy (non-hydrogen) atoms. The number of nitro groups is 1. The van der Waals surface area contributed by atoms with E-state index in [9.17, 15) is 19.7 Å². The number of nitrogens with one attached hydrogen (secondary N) is 2. The molecule has 0 aliphatic rings. The summed E-state index contributed by atoms with van der Waals surface area (Å²) in [5.41, 5.74) is 2.46. The molecule has 0 bridgehead atoms. The Labute approximate surface area is 168 Å². The van der Waals surface area contributed by atoms with Gasteiger partial charge in [-0.15, -0.1) is 0 Å². The van der Waals surface area contributed by atoms with Crippen LogP contribution in [0, 0.1) is 24.0 Å².